The lowest BCUT2D eigenvalue weighted by atomic mass is 10.2. The number of carbonyl (C=O) groups is 1. The van der Waals surface area contributed by atoms with Gasteiger partial charge in [-0.1, -0.05) is 0 Å². The van der Waals surface area contributed by atoms with Gasteiger partial charge >= 0.3 is 0 Å². The predicted octanol–water partition coefficient (Wildman–Crippen LogP) is 2.70. The second kappa shape index (κ2) is 8.16. The number of morpholine rings is 1. The number of benzene rings is 1. The van der Waals surface area contributed by atoms with E-state index in [-0.39, 0.29) is 33.6 Å². The lowest BCUT2D eigenvalue weighted by Gasteiger charge is -2.26. The molecule has 1 amide bonds. The fourth-order valence-corrected chi connectivity index (χ4v) is 4.68. The lowest BCUT2D eigenvalue weighted by molar-refractivity contribution is 0.0303. The van der Waals surface area contributed by atoms with E-state index in [0.717, 1.165) is 0 Å². The van der Waals surface area contributed by atoms with Crippen molar-refractivity contribution in [3.63, 3.8) is 0 Å². The van der Waals surface area contributed by atoms with Gasteiger partial charge in [0.1, 0.15) is 22.2 Å². The Hall–Kier alpha value is -3.18. The smallest absolute Gasteiger partial charge is 0.265 e. The summed E-state index contributed by atoms with van der Waals surface area (Å²) in [7, 11) is -4.02. The molecule has 31 heavy (non-hydrogen) atoms. The molecule has 0 atom stereocenters. The standard InChI is InChI=1S/C20H21FN4O5S/c1-12-9-14(21)3-4-16(12)24-31(27,28)18-10-17(30-13(18)2)19-15(11-22-23-19)20(26)25-5-7-29-8-6-25/h3-4,9-11,24H,5-8H2,1-2H3,(H,22,23). The molecule has 1 aliphatic rings. The Kier molecular flexibility index (Phi) is 5.54. The van der Waals surface area contributed by atoms with E-state index >= 15 is 0 Å². The summed E-state index contributed by atoms with van der Waals surface area (Å²) >= 11 is 0. The van der Waals surface area contributed by atoms with Crippen molar-refractivity contribution >= 4 is 21.6 Å². The van der Waals surface area contributed by atoms with Crippen LogP contribution in [0.25, 0.3) is 11.5 Å². The second-order valence-electron chi connectivity index (χ2n) is 7.16. The summed E-state index contributed by atoms with van der Waals surface area (Å²) in [5.41, 5.74) is 1.27. The number of amides is 1. The number of halogens is 1. The highest BCUT2D eigenvalue weighted by molar-refractivity contribution is 7.92. The number of aryl methyl sites for hydroxylation is 2. The van der Waals surface area contributed by atoms with Crippen molar-refractivity contribution in [2.45, 2.75) is 18.7 Å². The van der Waals surface area contributed by atoms with Gasteiger partial charge in [0.25, 0.3) is 15.9 Å². The molecule has 2 aromatic heterocycles. The number of aromatic amines is 1. The molecule has 1 aliphatic heterocycles. The number of sulfonamides is 1. The van der Waals surface area contributed by atoms with Crippen LogP contribution in [0.1, 0.15) is 21.7 Å². The molecule has 0 radical (unpaired) electrons. The Labute approximate surface area is 178 Å². The van der Waals surface area contributed by atoms with Gasteiger partial charge in [-0.15, -0.1) is 0 Å². The monoisotopic (exact) mass is 448 g/mol. The third-order valence-electron chi connectivity index (χ3n) is 5.01. The number of carbonyl (C=O) groups excluding carboxylic acids is 1. The third-order valence-corrected chi connectivity index (χ3v) is 6.48. The number of hydrogen-bond donors (Lipinski definition) is 2. The SMILES string of the molecule is Cc1cc(F)ccc1NS(=O)(=O)c1cc(-c2[nH]ncc2C(=O)N2CCOCC2)oc1C. The maximum Gasteiger partial charge on any atom is 0.265 e. The van der Waals surface area contributed by atoms with Crippen LogP contribution in [0.15, 0.2) is 39.8 Å². The topological polar surface area (TPSA) is 118 Å². The highest BCUT2D eigenvalue weighted by atomic mass is 32.2. The van der Waals surface area contributed by atoms with Gasteiger partial charge in [-0.05, 0) is 37.6 Å². The molecule has 4 rings (SSSR count). The summed E-state index contributed by atoms with van der Waals surface area (Å²) in [6.45, 7) is 4.94. The van der Waals surface area contributed by atoms with Crippen molar-refractivity contribution in [2.75, 3.05) is 31.0 Å². The van der Waals surface area contributed by atoms with Crippen molar-refractivity contribution < 1.29 is 26.8 Å². The Morgan fingerprint density at radius 1 is 1.23 bits per heavy atom. The van der Waals surface area contributed by atoms with Crippen LogP contribution in [0.3, 0.4) is 0 Å². The number of anilines is 1. The minimum atomic E-state index is -4.02. The molecule has 3 aromatic rings. The Morgan fingerprint density at radius 2 is 1.97 bits per heavy atom. The molecule has 1 saturated heterocycles. The van der Waals surface area contributed by atoms with Gasteiger partial charge in [0.05, 0.1) is 30.7 Å². The van der Waals surface area contributed by atoms with Crippen molar-refractivity contribution in [2.24, 2.45) is 0 Å². The van der Waals surface area contributed by atoms with Crippen LogP contribution < -0.4 is 4.72 Å². The van der Waals surface area contributed by atoms with Gasteiger partial charge < -0.3 is 14.1 Å². The summed E-state index contributed by atoms with van der Waals surface area (Å²) in [6.07, 6.45) is 1.39. The van der Waals surface area contributed by atoms with Crippen LogP contribution >= 0.6 is 0 Å². The molecule has 11 heteroatoms. The van der Waals surface area contributed by atoms with Crippen LogP contribution in [0.2, 0.25) is 0 Å². The first-order valence-corrected chi connectivity index (χ1v) is 11.0. The van der Waals surface area contributed by atoms with E-state index in [0.29, 0.717) is 37.6 Å². The molecule has 0 unspecified atom stereocenters. The maximum absolute atomic E-state index is 13.3. The van der Waals surface area contributed by atoms with Gasteiger partial charge in [-0.25, -0.2) is 12.8 Å². The van der Waals surface area contributed by atoms with Crippen LogP contribution in [0.4, 0.5) is 10.1 Å². The van der Waals surface area contributed by atoms with E-state index in [9.17, 15) is 17.6 Å². The highest BCUT2D eigenvalue weighted by Gasteiger charge is 2.28. The first-order chi connectivity index (χ1) is 14.8. The molecule has 3 heterocycles. The van der Waals surface area contributed by atoms with E-state index in [2.05, 4.69) is 14.9 Å². The number of aromatic nitrogens is 2. The number of rotatable bonds is 5. The molecule has 0 saturated carbocycles. The van der Waals surface area contributed by atoms with E-state index in [1.54, 1.807) is 11.8 Å². The van der Waals surface area contributed by atoms with Crippen molar-refractivity contribution in [3.8, 4) is 11.5 Å². The molecule has 0 spiro atoms. The third kappa shape index (κ3) is 4.19. The lowest BCUT2D eigenvalue weighted by Crippen LogP contribution is -2.40. The molecular formula is C20H21FN4O5S. The Morgan fingerprint density at radius 3 is 2.68 bits per heavy atom. The zero-order valence-corrected chi connectivity index (χ0v) is 17.8. The zero-order valence-electron chi connectivity index (χ0n) is 16.9. The Balaban J connectivity index is 1.64. The molecule has 1 fully saturated rings. The normalized spacial score (nSPS) is 14.6. The van der Waals surface area contributed by atoms with Crippen molar-refractivity contribution in [3.05, 3.63) is 53.2 Å². The molecule has 164 valence electrons. The fourth-order valence-electron chi connectivity index (χ4n) is 3.37. The zero-order chi connectivity index (χ0) is 22.2. The number of H-pyrrole nitrogens is 1. The fraction of sp³-hybridized carbons (Fsp3) is 0.300. The average Bonchev–Trinajstić information content (AvgIpc) is 3.37. The summed E-state index contributed by atoms with van der Waals surface area (Å²) in [5, 5.41) is 6.66. The van der Waals surface area contributed by atoms with E-state index in [1.807, 2.05) is 0 Å². The second-order valence-corrected chi connectivity index (χ2v) is 8.81. The maximum atomic E-state index is 13.3. The average molecular weight is 448 g/mol. The summed E-state index contributed by atoms with van der Waals surface area (Å²) in [5.74, 6) is -0.394. The van der Waals surface area contributed by atoms with Crippen LogP contribution in [-0.4, -0.2) is 55.7 Å². The molecule has 0 bridgehead atoms. The number of nitrogens with zero attached hydrogens (tertiary/aromatic N) is 2. The van der Waals surface area contributed by atoms with E-state index in [1.165, 1.54) is 37.4 Å². The van der Waals surface area contributed by atoms with Crippen molar-refractivity contribution in [1.82, 2.24) is 15.1 Å². The summed E-state index contributed by atoms with van der Waals surface area (Å²) in [4.78, 5) is 14.4. The summed E-state index contributed by atoms with van der Waals surface area (Å²) < 4.78 is 52.6. The number of hydrogen-bond acceptors (Lipinski definition) is 6. The number of furan rings is 1. The number of ether oxygens (including phenoxy) is 1. The van der Waals surface area contributed by atoms with Crippen molar-refractivity contribution in [1.29, 1.82) is 0 Å². The largest absolute Gasteiger partial charge is 0.458 e. The molecule has 1 aromatic carbocycles. The molecule has 9 nitrogen and oxygen atoms in total. The van der Waals surface area contributed by atoms with Gasteiger partial charge in [-0.2, -0.15) is 5.10 Å². The summed E-state index contributed by atoms with van der Waals surface area (Å²) in [6, 6.07) is 5.10. The minimum absolute atomic E-state index is 0.0920. The van der Waals surface area contributed by atoms with Crippen LogP contribution in [0, 0.1) is 19.7 Å². The number of nitrogens with one attached hydrogen (secondary N) is 2. The van der Waals surface area contributed by atoms with Crippen LogP contribution in [0.5, 0.6) is 0 Å². The highest BCUT2D eigenvalue weighted by Crippen LogP contribution is 2.31. The van der Waals surface area contributed by atoms with Gasteiger partial charge in [0.15, 0.2) is 5.76 Å². The quantitative estimate of drug-likeness (QED) is 0.620. The van der Waals surface area contributed by atoms with Crippen LogP contribution in [-0.2, 0) is 14.8 Å². The molecular weight excluding hydrogens is 427 g/mol. The Bertz CT molecular complexity index is 1230. The molecule has 2 N–H and O–H groups in total. The molecule has 0 aliphatic carbocycles. The van der Waals surface area contributed by atoms with Gasteiger partial charge in [0.2, 0.25) is 0 Å². The first kappa shape index (κ1) is 21.1. The van der Waals surface area contributed by atoms with Gasteiger partial charge in [-0.3, -0.25) is 14.6 Å². The van der Waals surface area contributed by atoms with E-state index in [4.69, 9.17) is 9.15 Å². The van der Waals surface area contributed by atoms with E-state index < -0.39 is 15.8 Å². The first-order valence-electron chi connectivity index (χ1n) is 9.56. The predicted molar refractivity (Wildman–Crippen MR) is 110 cm³/mol. The minimum Gasteiger partial charge on any atom is -0.458 e. The van der Waals surface area contributed by atoms with Gasteiger partial charge in [0, 0.05) is 19.2 Å².